The summed E-state index contributed by atoms with van der Waals surface area (Å²) in [5.74, 6) is 0.183. The first-order valence-electron chi connectivity index (χ1n) is 8.70. The fraction of sp³-hybridized carbons (Fsp3) is 0.350. The average molecular weight is 407 g/mol. The largest absolute Gasteiger partial charge is 0.444 e. The van der Waals surface area contributed by atoms with E-state index in [4.69, 9.17) is 13.7 Å². The van der Waals surface area contributed by atoms with E-state index in [1.807, 2.05) is 0 Å². The van der Waals surface area contributed by atoms with E-state index in [1.165, 1.54) is 31.4 Å². The maximum absolute atomic E-state index is 12.3. The molecule has 2 rings (SSSR count). The second-order valence-electron chi connectivity index (χ2n) is 7.03. The summed E-state index contributed by atoms with van der Waals surface area (Å²) in [6, 6.07) is 14.3. The van der Waals surface area contributed by atoms with Crippen LogP contribution in [0.1, 0.15) is 32.4 Å². The average Bonchev–Trinajstić information content (AvgIpc) is 2.62. The first-order valence-corrected chi connectivity index (χ1v) is 10.1. The van der Waals surface area contributed by atoms with Gasteiger partial charge in [-0.3, -0.25) is 0 Å². The molecule has 1 amide bonds. The van der Waals surface area contributed by atoms with Crippen LogP contribution in [0.15, 0.2) is 59.5 Å². The second kappa shape index (κ2) is 9.07. The van der Waals surface area contributed by atoms with Crippen molar-refractivity contribution in [2.24, 2.45) is 0 Å². The number of ether oxygens (including phenoxy) is 2. The molecule has 0 saturated carbocycles. The molecule has 0 heterocycles. The molecule has 8 heteroatoms. The fourth-order valence-electron chi connectivity index (χ4n) is 2.33. The predicted molar refractivity (Wildman–Crippen MR) is 105 cm³/mol. The van der Waals surface area contributed by atoms with Gasteiger partial charge in [-0.05, 0) is 50.6 Å². The number of alkyl carbamates (subject to hydrolysis) is 1. The summed E-state index contributed by atoms with van der Waals surface area (Å²) in [6.07, 6.45) is -0.962. The minimum absolute atomic E-state index is 0.0791. The van der Waals surface area contributed by atoms with Crippen LogP contribution in [0.2, 0.25) is 0 Å². The molecule has 152 valence electrons. The zero-order valence-electron chi connectivity index (χ0n) is 16.3. The SMILES string of the molecule is COC(CNC(=O)OC(C)(C)C)c1ccc(OS(=O)(=O)c2ccccc2)cc1. The van der Waals surface area contributed by atoms with Gasteiger partial charge in [0.1, 0.15) is 16.2 Å². The summed E-state index contributed by atoms with van der Waals surface area (Å²) >= 11 is 0. The van der Waals surface area contributed by atoms with E-state index in [9.17, 15) is 13.2 Å². The Bertz CT molecular complexity index is 873. The number of hydrogen-bond donors (Lipinski definition) is 1. The molecular weight excluding hydrogens is 382 g/mol. The predicted octanol–water partition coefficient (Wildman–Crippen LogP) is 3.67. The van der Waals surface area contributed by atoms with Gasteiger partial charge in [0.25, 0.3) is 0 Å². The van der Waals surface area contributed by atoms with E-state index in [-0.39, 0.29) is 17.2 Å². The minimum Gasteiger partial charge on any atom is -0.444 e. The zero-order chi connectivity index (χ0) is 20.8. The van der Waals surface area contributed by atoms with Crippen LogP contribution < -0.4 is 9.50 Å². The van der Waals surface area contributed by atoms with Gasteiger partial charge in [-0.1, -0.05) is 30.3 Å². The number of nitrogens with one attached hydrogen (secondary N) is 1. The highest BCUT2D eigenvalue weighted by molar-refractivity contribution is 7.87. The van der Waals surface area contributed by atoms with Gasteiger partial charge in [-0.25, -0.2) is 4.79 Å². The second-order valence-corrected chi connectivity index (χ2v) is 8.57. The van der Waals surface area contributed by atoms with E-state index in [2.05, 4.69) is 5.32 Å². The lowest BCUT2D eigenvalue weighted by Gasteiger charge is -2.21. The number of amides is 1. The normalized spacial score (nSPS) is 12.9. The van der Waals surface area contributed by atoms with Crippen LogP contribution in [0.3, 0.4) is 0 Å². The molecule has 1 unspecified atom stereocenters. The van der Waals surface area contributed by atoms with Crippen molar-refractivity contribution in [2.75, 3.05) is 13.7 Å². The van der Waals surface area contributed by atoms with Crippen molar-refractivity contribution in [2.45, 2.75) is 37.4 Å². The van der Waals surface area contributed by atoms with Gasteiger partial charge >= 0.3 is 16.2 Å². The molecule has 0 aliphatic rings. The Kier molecular flexibility index (Phi) is 7.04. The standard InChI is InChI=1S/C20H25NO6S/c1-20(2,3)26-19(22)21-14-18(25-4)15-10-12-16(13-11-15)27-28(23,24)17-8-6-5-7-9-17/h5-13,18H,14H2,1-4H3,(H,21,22). The molecule has 1 atom stereocenters. The summed E-state index contributed by atoms with van der Waals surface area (Å²) in [4.78, 5) is 11.9. The summed E-state index contributed by atoms with van der Waals surface area (Å²) < 4.78 is 40.3. The molecule has 0 aliphatic carbocycles. The number of hydrogen-bond acceptors (Lipinski definition) is 6. The molecule has 2 aromatic carbocycles. The molecule has 0 bridgehead atoms. The van der Waals surface area contributed by atoms with Gasteiger partial charge in [0.05, 0.1) is 12.6 Å². The third-order valence-corrected chi connectivity index (χ3v) is 4.87. The molecule has 0 radical (unpaired) electrons. The topological polar surface area (TPSA) is 90.9 Å². The molecule has 0 fully saturated rings. The van der Waals surface area contributed by atoms with E-state index >= 15 is 0 Å². The van der Waals surface area contributed by atoms with Crippen molar-refractivity contribution in [3.63, 3.8) is 0 Å². The zero-order valence-corrected chi connectivity index (χ0v) is 17.2. The quantitative estimate of drug-likeness (QED) is 0.704. The molecular formula is C20H25NO6S. The van der Waals surface area contributed by atoms with Gasteiger partial charge in [0, 0.05) is 7.11 Å². The van der Waals surface area contributed by atoms with Crippen molar-refractivity contribution in [1.82, 2.24) is 5.32 Å². The number of carbonyl (C=O) groups is 1. The monoisotopic (exact) mass is 407 g/mol. The van der Waals surface area contributed by atoms with Crippen LogP contribution in [-0.2, 0) is 19.6 Å². The number of methoxy groups -OCH3 is 1. The van der Waals surface area contributed by atoms with E-state index in [0.29, 0.717) is 0 Å². The van der Waals surface area contributed by atoms with Crippen LogP contribution in [0.25, 0.3) is 0 Å². The summed E-state index contributed by atoms with van der Waals surface area (Å²) in [5.41, 5.74) is 0.165. The summed E-state index contributed by atoms with van der Waals surface area (Å²) in [6.45, 7) is 5.54. The van der Waals surface area contributed by atoms with Gasteiger partial charge in [-0.15, -0.1) is 0 Å². The molecule has 1 N–H and O–H groups in total. The molecule has 28 heavy (non-hydrogen) atoms. The highest BCUT2D eigenvalue weighted by Crippen LogP contribution is 2.23. The van der Waals surface area contributed by atoms with Crippen LogP contribution in [0.5, 0.6) is 5.75 Å². The highest BCUT2D eigenvalue weighted by Gasteiger charge is 2.19. The number of benzene rings is 2. The van der Waals surface area contributed by atoms with E-state index < -0.39 is 27.9 Å². The Morgan fingerprint density at radius 2 is 1.64 bits per heavy atom. The summed E-state index contributed by atoms with van der Waals surface area (Å²) in [5, 5.41) is 2.65. The Morgan fingerprint density at radius 1 is 1.04 bits per heavy atom. The van der Waals surface area contributed by atoms with Crippen molar-refractivity contribution >= 4 is 16.2 Å². The molecule has 7 nitrogen and oxygen atoms in total. The lowest BCUT2D eigenvalue weighted by atomic mass is 10.1. The summed E-state index contributed by atoms with van der Waals surface area (Å²) in [7, 11) is -2.38. The Balaban J connectivity index is 2.01. The van der Waals surface area contributed by atoms with Gasteiger partial charge in [0.15, 0.2) is 0 Å². The van der Waals surface area contributed by atoms with Crippen LogP contribution >= 0.6 is 0 Å². The smallest absolute Gasteiger partial charge is 0.407 e. The van der Waals surface area contributed by atoms with E-state index in [0.717, 1.165) is 5.56 Å². The third-order valence-electron chi connectivity index (χ3n) is 3.60. The number of carbonyl (C=O) groups excluding carboxylic acids is 1. The highest BCUT2D eigenvalue weighted by atomic mass is 32.2. The number of rotatable bonds is 7. The van der Waals surface area contributed by atoms with Gasteiger partial charge < -0.3 is 19.0 Å². The lowest BCUT2D eigenvalue weighted by molar-refractivity contribution is 0.0456. The van der Waals surface area contributed by atoms with Crippen molar-refractivity contribution in [3.05, 3.63) is 60.2 Å². The van der Waals surface area contributed by atoms with Crippen LogP contribution in [0.4, 0.5) is 4.79 Å². The fourth-order valence-corrected chi connectivity index (χ4v) is 3.28. The Hall–Kier alpha value is -2.58. The Morgan fingerprint density at radius 3 is 2.18 bits per heavy atom. The minimum atomic E-state index is -3.90. The first kappa shape index (κ1) is 21.7. The first-order chi connectivity index (χ1) is 13.1. The molecule has 0 spiro atoms. The van der Waals surface area contributed by atoms with Crippen molar-refractivity contribution in [1.29, 1.82) is 0 Å². The van der Waals surface area contributed by atoms with Crippen molar-refractivity contribution < 1.29 is 26.9 Å². The molecule has 0 aromatic heterocycles. The maximum Gasteiger partial charge on any atom is 0.407 e. The molecule has 0 aliphatic heterocycles. The van der Waals surface area contributed by atoms with Crippen LogP contribution in [-0.4, -0.2) is 33.8 Å². The third kappa shape index (κ3) is 6.54. The van der Waals surface area contributed by atoms with Crippen LogP contribution in [0, 0.1) is 0 Å². The lowest BCUT2D eigenvalue weighted by Crippen LogP contribution is -2.35. The molecule has 0 saturated heterocycles. The van der Waals surface area contributed by atoms with Gasteiger partial charge in [0.2, 0.25) is 0 Å². The molecule has 2 aromatic rings. The van der Waals surface area contributed by atoms with Gasteiger partial charge in [-0.2, -0.15) is 8.42 Å². The van der Waals surface area contributed by atoms with E-state index in [1.54, 1.807) is 51.1 Å². The maximum atomic E-state index is 12.3. The Labute approximate surface area is 165 Å². The van der Waals surface area contributed by atoms with Crippen molar-refractivity contribution in [3.8, 4) is 5.75 Å².